The van der Waals surface area contributed by atoms with E-state index in [2.05, 4.69) is 10.6 Å². The topological polar surface area (TPSA) is 91.2 Å². The van der Waals surface area contributed by atoms with Gasteiger partial charge in [0.15, 0.2) is 0 Å². The minimum absolute atomic E-state index is 0.144. The minimum atomic E-state index is -0.750. The predicted octanol–water partition coefficient (Wildman–Crippen LogP) is 4.00. The van der Waals surface area contributed by atoms with Crippen molar-refractivity contribution >= 4 is 29.1 Å². The van der Waals surface area contributed by atoms with Gasteiger partial charge in [0.25, 0.3) is 5.91 Å². The number of nitrogens with one attached hydrogen (secondary N) is 2. The van der Waals surface area contributed by atoms with E-state index in [0.717, 1.165) is 0 Å². The molecule has 28 heavy (non-hydrogen) atoms. The van der Waals surface area contributed by atoms with Crippen LogP contribution >= 0.6 is 11.6 Å². The van der Waals surface area contributed by atoms with Gasteiger partial charge in [-0.3, -0.25) is 9.59 Å². The van der Waals surface area contributed by atoms with Crippen LogP contribution in [0.5, 0.6) is 5.75 Å². The number of halogens is 1. The van der Waals surface area contributed by atoms with Crippen LogP contribution in [0.4, 0.5) is 5.69 Å². The summed E-state index contributed by atoms with van der Waals surface area (Å²) >= 11 is 5.91. The summed E-state index contributed by atoms with van der Waals surface area (Å²) in [5, 5.41) is 14.9. The molecule has 146 valence electrons. The zero-order valence-corrected chi connectivity index (χ0v) is 16.7. The maximum atomic E-state index is 12.7. The quantitative estimate of drug-likeness (QED) is 0.736. The van der Waals surface area contributed by atoms with Gasteiger partial charge in [-0.1, -0.05) is 25.4 Å². The Labute approximate surface area is 169 Å². The van der Waals surface area contributed by atoms with Gasteiger partial charge in [-0.15, -0.1) is 0 Å². The van der Waals surface area contributed by atoms with Crippen molar-refractivity contribution < 1.29 is 14.3 Å². The van der Waals surface area contributed by atoms with Crippen molar-refractivity contribution in [3.63, 3.8) is 0 Å². The maximum absolute atomic E-state index is 12.7. The summed E-state index contributed by atoms with van der Waals surface area (Å²) in [4.78, 5) is 25.2. The lowest BCUT2D eigenvalue weighted by Crippen LogP contribution is -2.47. The molecule has 0 bridgehead atoms. The number of rotatable bonds is 7. The number of carbonyl (C=O) groups is 2. The van der Waals surface area contributed by atoms with Gasteiger partial charge >= 0.3 is 0 Å². The van der Waals surface area contributed by atoms with Gasteiger partial charge < -0.3 is 15.4 Å². The minimum Gasteiger partial charge on any atom is -0.494 e. The largest absolute Gasteiger partial charge is 0.494 e. The zero-order valence-electron chi connectivity index (χ0n) is 16.0. The van der Waals surface area contributed by atoms with E-state index in [1.807, 2.05) is 26.8 Å². The third-order valence-electron chi connectivity index (χ3n) is 4.02. The second kappa shape index (κ2) is 9.77. The van der Waals surface area contributed by atoms with Crippen LogP contribution in [-0.4, -0.2) is 24.5 Å². The van der Waals surface area contributed by atoms with E-state index >= 15 is 0 Å². The van der Waals surface area contributed by atoms with Gasteiger partial charge in [-0.2, -0.15) is 5.26 Å². The van der Waals surface area contributed by atoms with E-state index in [9.17, 15) is 9.59 Å². The fourth-order valence-corrected chi connectivity index (χ4v) is 2.70. The van der Waals surface area contributed by atoms with Crippen molar-refractivity contribution in [3.8, 4) is 11.8 Å². The third-order valence-corrected chi connectivity index (χ3v) is 4.35. The zero-order chi connectivity index (χ0) is 20.7. The lowest BCUT2D eigenvalue weighted by Gasteiger charge is -2.22. The highest BCUT2D eigenvalue weighted by molar-refractivity contribution is 6.31. The monoisotopic (exact) mass is 399 g/mol. The Kier molecular flexibility index (Phi) is 7.42. The van der Waals surface area contributed by atoms with Gasteiger partial charge in [0, 0.05) is 11.3 Å². The van der Waals surface area contributed by atoms with E-state index in [-0.39, 0.29) is 23.3 Å². The molecule has 2 N–H and O–H groups in total. The maximum Gasteiger partial charge on any atom is 0.251 e. The van der Waals surface area contributed by atoms with Crippen molar-refractivity contribution in [1.29, 1.82) is 5.26 Å². The van der Waals surface area contributed by atoms with E-state index in [0.29, 0.717) is 28.6 Å². The lowest BCUT2D eigenvalue weighted by molar-refractivity contribution is -0.118. The summed E-state index contributed by atoms with van der Waals surface area (Å²) in [5.41, 5.74) is 1.13. The molecule has 2 amide bonds. The van der Waals surface area contributed by atoms with E-state index in [1.165, 1.54) is 6.07 Å². The third kappa shape index (κ3) is 5.48. The first-order chi connectivity index (χ1) is 13.3. The number of carbonyl (C=O) groups excluding carboxylic acids is 2. The number of hydrogen-bond acceptors (Lipinski definition) is 4. The fourth-order valence-electron chi connectivity index (χ4n) is 2.54. The van der Waals surface area contributed by atoms with Crippen LogP contribution in [0.3, 0.4) is 0 Å². The summed E-state index contributed by atoms with van der Waals surface area (Å²) in [6.07, 6.45) is 0. The Morgan fingerprint density at radius 2 is 1.86 bits per heavy atom. The van der Waals surface area contributed by atoms with Crippen molar-refractivity contribution in [1.82, 2.24) is 5.32 Å². The molecule has 0 heterocycles. The molecule has 2 rings (SSSR count). The first kappa shape index (κ1) is 21.3. The highest BCUT2D eigenvalue weighted by atomic mass is 35.5. The normalized spacial score (nSPS) is 11.4. The van der Waals surface area contributed by atoms with Crippen LogP contribution in [-0.2, 0) is 4.79 Å². The van der Waals surface area contributed by atoms with Crippen LogP contribution in [0, 0.1) is 17.2 Å². The number of amides is 2. The molecule has 0 aliphatic carbocycles. The Balaban J connectivity index is 2.10. The van der Waals surface area contributed by atoms with Crippen molar-refractivity contribution in [2.24, 2.45) is 5.92 Å². The highest BCUT2D eigenvalue weighted by Gasteiger charge is 2.25. The molecule has 7 heteroatoms. The highest BCUT2D eigenvalue weighted by Crippen LogP contribution is 2.20. The number of hydrogen-bond donors (Lipinski definition) is 2. The molecule has 6 nitrogen and oxygen atoms in total. The van der Waals surface area contributed by atoms with Gasteiger partial charge in [0.1, 0.15) is 17.9 Å². The van der Waals surface area contributed by atoms with Gasteiger partial charge in [0.2, 0.25) is 5.91 Å². The predicted molar refractivity (Wildman–Crippen MR) is 108 cm³/mol. The smallest absolute Gasteiger partial charge is 0.251 e. The standard InChI is InChI=1S/C21H22ClN3O3/c1-4-28-17-8-5-14(6-9-17)20(26)25-19(13(2)3)21(27)24-16-7-10-18(22)15(11-16)12-23/h5-11,13,19H,4H2,1-3H3,(H,24,27)(H,25,26). The summed E-state index contributed by atoms with van der Waals surface area (Å²) in [6.45, 7) is 6.10. The molecule has 0 spiro atoms. The summed E-state index contributed by atoms with van der Waals surface area (Å²) in [5.74, 6) is -0.200. The molecule has 1 unspecified atom stereocenters. The fraction of sp³-hybridized carbons (Fsp3) is 0.286. The Morgan fingerprint density at radius 1 is 1.18 bits per heavy atom. The molecule has 0 fully saturated rings. The first-order valence-electron chi connectivity index (χ1n) is 8.90. The Morgan fingerprint density at radius 3 is 2.43 bits per heavy atom. The summed E-state index contributed by atoms with van der Waals surface area (Å²) in [7, 11) is 0. The average molecular weight is 400 g/mol. The average Bonchev–Trinajstić information content (AvgIpc) is 2.67. The molecule has 0 saturated carbocycles. The molecule has 1 atom stereocenters. The van der Waals surface area contributed by atoms with Crippen molar-refractivity contribution in [2.75, 3.05) is 11.9 Å². The Bertz CT molecular complexity index is 889. The first-order valence-corrected chi connectivity index (χ1v) is 9.27. The summed E-state index contributed by atoms with van der Waals surface area (Å²) in [6, 6.07) is 12.6. The van der Waals surface area contributed by atoms with E-state index in [1.54, 1.807) is 36.4 Å². The second-order valence-electron chi connectivity index (χ2n) is 6.45. The van der Waals surface area contributed by atoms with E-state index < -0.39 is 6.04 Å². The summed E-state index contributed by atoms with van der Waals surface area (Å²) < 4.78 is 5.36. The molecule has 0 saturated heterocycles. The lowest BCUT2D eigenvalue weighted by atomic mass is 10.0. The van der Waals surface area contributed by atoms with Gasteiger partial charge in [-0.25, -0.2) is 0 Å². The number of nitrogens with zero attached hydrogens (tertiary/aromatic N) is 1. The molecular formula is C21H22ClN3O3. The van der Waals surface area contributed by atoms with Crippen molar-refractivity contribution in [3.05, 3.63) is 58.6 Å². The molecule has 0 aliphatic heterocycles. The van der Waals surface area contributed by atoms with E-state index in [4.69, 9.17) is 21.6 Å². The molecule has 0 aromatic heterocycles. The van der Waals surface area contributed by atoms with Crippen LogP contribution in [0.25, 0.3) is 0 Å². The number of nitriles is 1. The molecule has 2 aromatic rings. The van der Waals surface area contributed by atoms with Gasteiger partial charge in [0.05, 0.1) is 17.2 Å². The Hall–Kier alpha value is -3.04. The molecule has 0 aliphatic rings. The van der Waals surface area contributed by atoms with Gasteiger partial charge in [-0.05, 0) is 55.3 Å². The molecular weight excluding hydrogens is 378 g/mol. The molecule has 2 aromatic carbocycles. The van der Waals surface area contributed by atoms with Crippen molar-refractivity contribution in [2.45, 2.75) is 26.8 Å². The van der Waals surface area contributed by atoms with Crippen LogP contribution in [0.2, 0.25) is 5.02 Å². The number of benzene rings is 2. The van der Waals surface area contributed by atoms with Crippen LogP contribution < -0.4 is 15.4 Å². The van der Waals surface area contributed by atoms with Crippen LogP contribution in [0.1, 0.15) is 36.7 Å². The number of ether oxygens (including phenoxy) is 1. The second-order valence-corrected chi connectivity index (χ2v) is 6.86. The SMILES string of the molecule is CCOc1ccc(C(=O)NC(C(=O)Nc2ccc(Cl)c(C#N)c2)C(C)C)cc1. The van der Waals surface area contributed by atoms with Crippen LogP contribution in [0.15, 0.2) is 42.5 Å². The molecule has 0 radical (unpaired) electrons. The number of anilines is 1.